The predicted octanol–water partition coefficient (Wildman–Crippen LogP) is 3.25. The Kier molecular flexibility index (Phi) is 5.60. The Morgan fingerprint density at radius 2 is 2.03 bits per heavy atom. The van der Waals surface area contributed by atoms with Gasteiger partial charge in [0, 0.05) is 19.2 Å². The Morgan fingerprint density at radius 1 is 1.24 bits per heavy atom. The number of nitrogens with zero attached hydrogens (tertiary/aromatic N) is 1. The first-order chi connectivity index (χ1) is 14.1. The van der Waals surface area contributed by atoms with E-state index in [1.54, 1.807) is 19.2 Å². The molecule has 7 heteroatoms. The molecule has 0 spiro atoms. The van der Waals surface area contributed by atoms with E-state index in [4.69, 9.17) is 4.74 Å². The van der Waals surface area contributed by atoms with E-state index in [2.05, 4.69) is 20.6 Å². The number of imidazole rings is 1. The van der Waals surface area contributed by atoms with Gasteiger partial charge in [0.2, 0.25) is 5.91 Å². The third-order valence-corrected chi connectivity index (χ3v) is 5.57. The van der Waals surface area contributed by atoms with Crippen molar-refractivity contribution in [2.75, 3.05) is 32.1 Å². The number of hydrogen-bond acceptors (Lipinski definition) is 4. The minimum Gasteiger partial charge on any atom is -0.384 e. The number of benzene rings is 2. The summed E-state index contributed by atoms with van der Waals surface area (Å²) in [6.07, 6.45) is 1.87. The van der Waals surface area contributed by atoms with Gasteiger partial charge in [0.15, 0.2) is 0 Å². The Bertz CT molecular complexity index is 1010. The second-order valence-corrected chi connectivity index (χ2v) is 7.60. The summed E-state index contributed by atoms with van der Waals surface area (Å²) >= 11 is 0. The van der Waals surface area contributed by atoms with Gasteiger partial charge in [0.1, 0.15) is 11.6 Å². The van der Waals surface area contributed by atoms with E-state index in [0.29, 0.717) is 30.1 Å². The molecule has 1 aliphatic heterocycles. The smallest absolute Gasteiger partial charge is 0.233 e. The van der Waals surface area contributed by atoms with E-state index in [9.17, 15) is 9.18 Å². The van der Waals surface area contributed by atoms with E-state index >= 15 is 0 Å². The van der Waals surface area contributed by atoms with Crippen LogP contribution in [0, 0.1) is 11.2 Å². The zero-order valence-corrected chi connectivity index (χ0v) is 16.4. The number of hydrogen-bond donors (Lipinski definition) is 3. The van der Waals surface area contributed by atoms with Crippen molar-refractivity contribution in [3.63, 3.8) is 0 Å². The maximum atomic E-state index is 13.9. The molecular formula is C22H25FN4O2. The molecule has 0 bridgehead atoms. The van der Waals surface area contributed by atoms with Crippen LogP contribution in [0.2, 0.25) is 0 Å². The molecule has 1 amide bonds. The lowest BCUT2D eigenvalue weighted by atomic mass is 9.78. The second-order valence-electron chi connectivity index (χ2n) is 7.60. The monoisotopic (exact) mass is 396 g/mol. The van der Waals surface area contributed by atoms with E-state index in [-0.39, 0.29) is 11.7 Å². The number of nitrogens with one attached hydrogen (secondary N) is 3. The molecule has 0 unspecified atom stereocenters. The van der Waals surface area contributed by atoms with Gasteiger partial charge in [-0.15, -0.1) is 0 Å². The first-order valence-electron chi connectivity index (χ1n) is 9.83. The summed E-state index contributed by atoms with van der Waals surface area (Å²) in [6, 6.07) is 12.3. The summed E-state index contributed by atoms with van der Waals surface area (Å²) in [6.45, 7) is 2.01. The number of H-pyrrole nitrogens is 1. The average molecular weight is 396 g/mol. The molecule has 4 rings (SSSR count). The van der Waals surface area contributed by atoms with Crippen molar-refractivity contribution >= 4 is 22.6 Å². The summed E-state index contributed by atoms with van der Waals surface area (Å²) in [5.41, 5.74) is 2.37. The molecule has 1 saturated heterocycles. The van der Waals surface area contributed by atoms with Crippen molar-refractivity contribution < 1.29 is 13.9 Å². The van der Waals surface area contributed by atoms with Crippen LogP contribution in [0.4, 0.5) is 10.1 Å². The van der Waals surface area contributed by atoms with Crippen LogP contribution in [0.1, 0.15) is 24.2 Å². The fourth-order valence-corrected chi connectivity index (χ4v) is 3.93. The molecule has 3 N–H and O–H groups in total. The largest absolute Gasteiger partial charge is 0.384 e. The van der Waals surface area contributed by atoms with E-state index in [1.165, 1.54) is 6.07 Å². The number of carbonyl (C=O) groups is 1. The van der Waals surface area contributed by atoms with Crippen molar-refractivity contribution in [1.29, 1.82) is 0 Å². The van der Waals surface area contributed by atoms with Crippen molar-refractivity contribution in [2.45, 2.75) is 19.3 Å². The molecule has 6 nitrogen and oxygen atoms in total. The number of anilines is 1. The number of aromatic nitrogens is 2. The van der Waals surface area contributed by atoms with Crippen LogP contribution in [0.25, 0.3) is 11.0 Å². The lowest BCUT2D eigenvalue weighted by Gasteiger charge is -2.35. The molecule has 0 saturated carbocycles. The summed E-state index contributed by atoms with van der Waals surface area (Å²) < 4.78 is 19.3. The highest BCUT2D eigenvalue weighted by molar-refractivity contribution is 5.97. The van der Waals surface area contributed by atoms with E-state index < -0.39 is 5.41 Å². The Balaban J connectivity index is 1.53. The predicted molar refractivity (Wildman–Crippen MR) is 110 cm³/mol. The lowest BCUT2D eigenvalue weighted by Crippen LogP contribution is -2.47. The van der Waals surface area contributed by atoms with Crippen LogP contribution in [-0.4, -0.2) is 42.7 Å². The highest BCUT2D eigenvalue weighted by Crippen LogP contribution is 2.31. The minimum absolute atomic E-state index is 0.0219. The maximum Gasteiger partial charge on any atom is 0.233 e. The number of halogens is 1. The fourth-order valence-electron chi connectivity index (χ4n) is 3.93. The summed E-state index contributed by atoms with van der Waals surface area (Å²) in [7, 11) is 1.63. The number of carbonyl (C=O) groups excluding carboxylic acids is 1. The standard InChI is InChI=1S/C22H25FN4O2/c1-29-14-22(8-10-24-11-9-22)21(28)25-16-6-7-18-19(13-16)27-20(26-18)12-15-4-2-3-5-17(15)23/h2-7,13,24H,8-12,14H2,1H3,(H,25,28)(H,26,27). The number of ether oxygens (including phenoxy) is 1. The average Bonchev–Trinajstić information content (AvgIpc) is 3.12. The van der Waals surface area contributed by atoms with Crippen LogP contribution < -0.4 is 10.6 Å². The van der Waals surface area contributed by atoms with Gasteiger partial charge in [0.25, 0.3) is 0 Å². The highest BCUT2D eigenvalue weighted by Gasteiger charge is 2.39. The zero-order valence-electron chi connectivity index (χ0n) is 16.4. The van der Waals surface area contributed by atoms with Gasteiger partial charge in [0.05, 0.1) is 23.1 Å². The van der Waals surface area contributed by atoms with E-state index in [1.807, 2.05) is 24.3 Å². The third-order valence-electron chi connectivity index (χ3n) is 5.57. The Hall–Kier alpha value is -2.77. The normalized spacial score (nSPS) is 16.1. The van der Waals surface area contributed by atoms with Gasteiger partial charge in [-0.1, -0.05) is 18.2 Å². The van der Waals surface area contributed by atoms with Gasteiger partial charge in [-0.3, -0.25) is 4.79 Å². The molecule has 1 fully saturated rings. The molecule has 0 atom stereocenters. The van der Waals surface area contributed by atoms with Crippen molar-refractivity contribution in [2.24, 2.45) is 5.41 Å². The molecule has 2 aromatic carbocycles. The molecule has 2 heterocycles. The molecule has 1 aliphatic rings. The van der Waals surface area contributed by atoms with Crippen LogP contribution in [-0.2, 0) is 16.0 Å². The first kappa shape index (κ1) is 19.5. The number of rotatable bonds is 6. The Labute approximate surface area is 168 Å². The molecule has 0 aliphatic carbocycles. The summed E-state index contributed by atoms with van der Waals surface area (Å²) in [5.74, 6) is 0.417. The molecule has 29 heavy (non-hydrogen) atoms. The maximum absolute atomic E-state index is 13.9. The number of amides is 1. The Morgan fingerprint density at radius 3 is 2.79 bits per heavy atom. The molecular weight excluding hydrogens is 371 g/mol. The quantitative estimate of drug-likeness (QED) is 0.598. The van der Waals surface area contributed by atoms with Crippen LogP contribution in [0.15, 0.2) is 42.5 Å². The van der Waals surface area contributed by atoms with Gasteiger partial charge >= 0.3 is 0 Å². The topological polar surface area (TPSA) is 79.0 Å². The van der Waals surface area contributed by atoms with Crippen LogP contribution in [0.3, 0.4) is 0 Å². The van der Waals surface area contributed by atoms with Crippen LogP contribution in [0.5, 0.6) is 0 Å². The third kappa shape index (κ3) is 4.16. The highest BCUT2D eigenvalue weighted by atomic mass is 19.1. The minimum atomic E-state index is -0.515. The first-order valence-corrected chi connectivity index (χ1v) is 9.83. The lowest BCUT2D eigenvalue weighted by molar-refractivity contribution is -0.130. The number of methoxy groups -OCH3 is 1. The zero-order chi connectivity index (χ0) is 20.3. The SMILES string of the molecule is COCC1(C(=O)Nc2ccc3nc(Cc4ccccc4F)[nH]c3c2)CCNCC1. The van der Waals surface area contributed by atoms with Gasteiger partial charge in [-0.25, -0.2) is 9.37 Å². The van der Waals surface area contributed by atoms with Gasteiger partial charge in [-0.05, 0) is 55.8 Å². The van der Waals surface area contributed by atoms with Crippen LogP contribution >= 0.6 is 0 Å². The number of piperidine rings is 1. The molecule has 0 radical (unpaired) electrons. The van der Waals surface area contributed by atoms with E-state index in [0.717, 1.165) is 37.0 Å². The van der Waals surface area contributed by atoms with Gasteiger partial charge < -0.3 is 20.4 Å². The molecule has 1 aromatic heterocycles. The number of fused-ring (bicyclic) bond motifs is 1. The number of aromatic amines is 1. The second kappa shape index (κ2) is 8.31. The van der Waals surface area contributed by atoms with Gasteiger partial charge in [-0.2, -0.15) is 0 Å². The van der Waals surface area contributed by atoms with Crippen molar-refractivity contribution in [1.82, 2.24) is 15.3 Å². The van der Waals surface area contributed by atoms with Crippen molar-refractivity contribution in [3.8, 4) is 0 Å². The molecule has 3 aromatic rings. The summed E-state index contributed by atoms with van der Waals surface area (Å²) in [5, 5.41) is 6.33. The fraction of sp³-hybridized carbons (Fsp3) is 0.364. The summed E-state index contributed by atoms with van der Waals surface area (Å²) in [4.78, 5) is 20.8. The van der Waals surface area contributed by atoms with Crippen molar-refractivity contribution in [3.05, 3.63) is 59.7 Å². The molecule has 152 valence electrons.